The first-order valence-electron chi connectivity index (χ1n) is 11.2. The molecule has 1 amide bonds. The van der Waals surface area contributed by atoms with E-state index in [1.807, 2.05) is 42.2 Å². The third-order valence-electron chi connectivity index (χ3n) is 6.39. The van der Waals surface area contributed by atoms with Crippen molar-refractivity contribution in [2.24, 2.45) is 0 Å². The van der Waals surface area contributed by atoms with Crippen molar-refractivity contribution in [1.29, 1.82) is 0 Å². The number of benzene rings is 1. The van der Waals surface area contributed by atoms with Crippen LogP contribution < -0.4 is 0 Å². The molecule has 0 bridgehead atoms. The highest BCUT2D eigenvalue weighted by Gasteiger charge is 2.37. The number of carbonyl (C=O) groups is 2. The lowest BCUT2D eigenvalue weighted by atomic mass is 9.93. The van der Waals surface area contributed by atoms with Gasteiger partial charge in [-0.25, -0.2) is 4.79 Å². The summed E-state index contributed by atoms with van der Waals surface area (Å²) in [5.74, 6) is -0.577. The lowest BCUT2D eigenvalue weighted by Gasteiger charge is -2.35. The van der Waals surface area contributed by atoms with Gasteiger partial charge in [0.15, 0.2) is 0 Å². The standard InChI is InChI=1S/C26H26N4O3/c1-4-33-26(32)22-15(2)21(16(3)28-22)25(31)30-14-12-18-17-9-5-6-10-19(17)29-23(18)24(30)20-11-7-8-13-27-20/h5-11,13,24,28-29H,4,12,14H2,1-3H3/t24-/m0/s1. The lowest BCUT2D eigenvalue weighted by Crippen LogP contribution is -2.41. The van der Waals surface area contributed by atoms with Crippen LogP contribution in [0, 0.1) is 13.8 Å². The zero-order chi connectivity index (χ0) is 23.1. The number of aromatic amines is 2. The van der Waals surface area contributed by atoms with Gasteiger partial charge in [0.25, 0.3) is 5.91 Å². The molecule has 0 radical (unpaired) electrons. The van der Waals surface area contributed by atoms with Gasteiger partial charge in [0, 0.05) is 35.0 Å². The summed E-state index contributed by atoms with van der Waals surface area (Å²) in [5.41, 5.74) is 6.17. The molecule has 0 saturated carbocycles. The van der Waals surface area contributed by atoms with E-state index in [0.717, 1.165) is 23.3 Å². The summed E-state index contributed by atoms with van der Waals surface area (Å²) in [6, 6.07) is 13.6. The molecular formula is C26H26N4O3. The number of fused-ring (bicyclic) bond motifs is 3. The Hall–Kier alpha value is -3.87. The summed E-state index contributed by atoms with van der Waals surface area (Å²) in [4.78, 5) is 39.4. The SMILES string of the molecule is CCOC(=O)c1[nH]c(C)c(C(=O)N2CCc3c([nH]c4ccccc34)[C@@H]2c2ccccn2)c1C. The number of esters is 1. The molecule has 4 heterocycles. The van der Waals surface area contributed by atoms with Crippen molar-refractivity contribution in [2.75, 3.05) is 13.2 Å². The smallest absolute Gasteiger partial charge is 0.355 e. The second kappa shape index (κ2) is 8.24. The summed E-state index contributed by atoms with van der Waals surface area (Å²) in [6.45, 7) is 6.19. The van der Waals surface area contributed by atoms with Crippen LogP contribution >= 0.6 is 0 Å². The van der Waals surface area contributed by atoms with E-state index in [2.05, 4.69) is 27.1 Å². The molecule has 1 atom stereocenters. The zero-order valence-electron chi connectivity index (χ0n) is 18.9. The quantitative estimate of drug-likeness (QED) is 0.456. The maximum absolute atomic E-state index is 14.0. The Kier molecular flexibility index (Phi) is 5.24. The number of amides is 1. The monoisotopic (exact) mass is 442 g/mol. The highest BCUT2D eigenvalue weighted by atomic mass is 16.5. The number of hydrogen-bond acceptors (Lipinski definition) is 4. The molecule has 33 heavy (non-hydrogen) atoms. The molecule has 7 nitrogen and oxygen atoms in total. The van der Waals surface area contributed by atoms with E-state index in [0.29, 0.717) is 29.1 Å². The maximum atomic E-state index is 14.0. The van der Waals surface area contributed by atoms with E-state index in [-0.39, 0.29) is 18.6 Å². The molecule has 1 aliphatic heterocycles. The van der Waals surface area contributed by atoms with Gasteiger partial charge in [0.1, 0.15) is 11.7 Å². The minimum atomic E-state index is -0.449. The maximum Gasteiger partial charge on any atom is 0.355 e. The number of pyridine rings is 1. The van der Waals surface area contributed by atoms with E-state index in [4.69, 9.17) is 4.74 Å². The molecule has 4 aromatic rings. The van der Waals surface area contributed by atoms with E-state index < -0.39 is 5.97 Å². The number of hydrogen-bond donors (Lipinski definition) is 2. The van der Waals surface area contributed by atoms with Gasteiger partial charge < -0.3 is 19.6 Å². The summed E-state index contributed by atoms with van der Waals surface area (Å²) < 4.78 is 5.16. The van der Waals surface area contributed by atoms with Crippen LogP contribution in [0.2, 0.25) is 0 Å². The van der Waals surface area contributed by atoms with Gasteiger partial charge in [-0.2, -0.15) is 0 Å². The number of para-hydroxylation sites is 1. The second-order valence-electron chi connectivity index (χ2n) is 8.31. The van der Waals surface area contributed by atoms with Gasteiger partial charge in [-0.1, -0.05) is 24.3 Å². The van der Waals surface area contributed by atoms with Crippen molar-refractivity contribution < 1.29 is 14.3 Å². The number of ether oxygens (including phenoxy) is 1. The number of rotatable bonds is 4. The molecule has 5 rings (SSSR count). The van der Waals surface area contributed by atoms with E-state index in [9.17, 15) is 9.59 Å². The van der Waals surface area contributed by atoms with Crippen LogP contribution in [-0.2, 0) is 11.2 Å². The Morgan fingerprint density at radius 1 is 1.12 bits per heavy atom. The molecule has 168 valence electrons. The van der Waals surface area contributed by atoms with Gasteiger partial charge in [-0.15, -0.1) is 0 Å². The molecule has 3 aromatic heterocycles. The molecule has 0 unspecified atom stereocenters. The van der Waals surface area contributed by atoms with Crippen LogP contribution in [0.25, 0.3) is 10.9 Å². The first-order chi connectivity index (χ1) is 16.0. The number of nitrogens with one attached hydrogen (secondary N) is 2. The predicted molar refractivity (Wildman–Crippen MR) is 125 cm³/mol. The largest absolute Gasteiger partial charge is 0.461 e. The normalized spacial score (nSPS) is 15.5. The average molecular weight is 443 g/mol. The Morgan fingerprint density at radius 3 is 2.67 bits per heavy atom. The minimum Gasteiger partial charge on any atom is -0.461 e. The first kappa shape index (κ1) is 21.0. The molecule has 1 aromatic carbocycles. The van der Waals surface area contributed by atoms with E-state index >= 15 is 0 Å². The van der Waals surface area contributed by atoms with Crippen LogP contribution in [-0.4, -0.2) is 44.9 Å². The number of aromatic nitrogens is 3. The summed E-state index contributed by atoms with van der Waals surface area (Å²) in [6.07, 6.45) is 2.49. The van der Waals surface area contributed by atoms with Gasteiger partial charge in [-0.3, -0.25) is 9.78 Å². The number of H-pyrrole nitrogens is 2. The number of aryl methyl sites for hydroxylation is 1. The summed E-state index contributed by atoms with van der Waals surface area (Å²) in [5, 5.41) is 1.18. The van der Waals surface area contributed by atoms with Crippen LogP contribution in [0.5, 0.6) is 0 Å². The Labute approximate surface area is 191 Å². The van der Waals surface area contributed by atoms with Crippen molar-refractivity contribution in [3.8, 4) is 0 Å². The summed E-state index contributed by atoms with van der Waals surface area (Å²) >= 11 is 0. The third kappa shape index (κ3) is 3.40. The van der Waals surface area contributed by atoms with Crippen LogP contribution in [0.4, 0.5) is 0 Å². The van der Waals surface area contributed by atoms with Gasteiger partial charge in [0.2, 0.25) is 0 Å². The fourth-order valence-electron chi connectivity index (χ4n) is 4.93. The van der Waals surface area contributed by atoms with Crippen LogP contribution in [0.15, 0.2) is 48.7 Å². The Morgan fingerprint density at radius 2 is 1.91 bits per heavy atom. The highest BCUT2D eigenvalue weighted by Crippen LogP contribution is 2.39. The average Bonchev–Trinajstić information content (AvgIpc) is 3.35. The van der Waals surface area contributed by atoms with Crippen molar-refractivity contribution >= 4 is 22.8 Å². The molecule has 1 aliphatic rings. The molecule has 0 saturated heterocycles. The van der Waals surface area contributed by atoms with Crippen molar-refractivity contribution in [3.63, 3.8) is 0 Å². The highest BCUT2D eigenvalue weighted by molar-refractivity contribution is 6.02. The van der Waals surface area contributed by atoms with E-state index in [1.165, 1.54) is 10.9 Å². The van der Waals surface area contributed by atoms with Gasteiger partial charge in [0.05, 0.1) is 17.9 Å². The van der Waals surface area contributed by atoms with Gasteiger partial charge in [-0.05, 0) is 56.5 Å². The lowest BCUT2D eigenvalue weighted by molar-refractivity contribution is 0.0519. The van der Waals surface area contributed by atoms with E-state index in [1.54, 1.807) is 20.0 Å². The van der Waals surface area contributed by atoms with Crippen LogP contribution in [0.3, 0.4) is 0 Å². The molecule has 0 aliphatic carbocycles. The number of nitrogens with zero attached hydrogens (tertiary/aromatic N) is 2. The zero-order valence-corrected chi connectivity index (χ0v) is 18.9. The second-order valence-corrected chi connectivity index (χ2v) is 8.31. The van der Waals surface area contributed by atoms with Crippen molar-refractivity contribution in [1.82, 2.24) is 19.9 Å². The molecule has 2 N–H and O–H groups in total. The number of carbonyl (C=O) groups excluding carboxylic acids is 2. The molecular weight excluding hydrogens is 416 g/mol. The van der Waals surface area contributed by atoms with Crippen molar-refractivity contribution in [2.45, 2.75) is 33.2 Å². The fourth-order valence-corrected chi connectivity index (χ4v) is 4.93. The molecule has 0 fully saturated rings. The minimum absolute atomic E-state index is 0.128. The Bertz CT molecular complexity index is 1350. The van der Waals surface area contributed by atoms with Crippen molar-refractivity contribution in [3.05, 3.63) is 88.1 Å². The molecule has 7 heteroatoms. The topological polar surface area (TPSA) is 91.1 Å². The first-order valence-corrected chi connectivity index (χ1v) is 11.2. The summed E-state index contributed by atoms with van der Waals surface area (Å²) in [7, 11) is 0. The van der Waals surface area contributed by atoms with Crippen LogP contribution in [0.1, 0.15) is 62.0 Å². The molecule has 0 spiro atoms. The predicted octanol–water partition coefficient (Wildman–Crippen LogP) is 4.47. The third-order valence-corrected chi connectivity index (χ3v) is 6.39. The Balaban J connectivity index is 1.62. The van der Waals surface area contributed by atoms with Gasteiger partial charge >= 0.3 is 5.97 Å². The fraction of sp³-hybridized carbons (Fsp3) is 0.269.